The lowest BCUT2D eigenvalue weighted by molar-refractivity contribution is -0.143. The number of rotatable bonds is 12. The molecule has 3 aromatic carbocycles. The number of ether oxygens (including phenoxy) is 2. The molecule has 0 fully saturated rings. The topological polar surface area (TPSA) is 67.9 Å². The summed E-state index contributed by atoms with van der Waals surface area (Å²) in [6.07, 6.45) is 1.08. The Morgan fingerprint density at radius 3 is 2.14 bits per heavy atom. The first-order chi connectivity index (χ1) is 17.8. The van der Waals surface area contributed by atoms with Crippen LogP contribution in [0.4, 0.5) is 0 Å². The molecule has 1 N–H and O–H groups in total. The second kappa shape index (κ2) is 13.9. The second-order valence-electron chi connectivity index (χ2n) is 8.71. The molecule has 0 radical (unpaired) electrons. The maximum atomic E-state index is 13.7. The van der Waals surface area contributed by atoms with Crippen LogP contribution in [-0.2, 0) is 22.6 Å². The number of hydrogen-bond donors (Lipinski definition) is 1. The molecule has 6 nitrogen and oxygen atoms in total. The molecule has 0 aliphatic carbocycles. The Morgan fingerprint density at radius 1 is 0.919 bits per heavy atom. The highest BCUT2D eigenvalue weighted by molar-refractivity contribution is 6.36. The third-order valence-corrected chi connectivity index (χ3v) is 6.79. The SMILES string of the molecule is CC[C@@H](C)NC(=O)[C@@H](Cc1ccccc1)N(Cc1c(Cl)cccc1Cl)C(=O)COc1ccc(OC)cc1. The summed E-state index contributed by atoms with van der Waals surface area (Å²) < 4.78 is 11.0. The van der Waals surface area contributed by atoms with Crippen LogP contribution in [-0.4, -0.2) is 42.5 Å². The van der Waals surface area contributed by atoms with Gasteiger partial charge in [-0.3, -0.25) is 9.59 Å². The fourth-order valence-corrected chi connectivity index (χ4v) is 4.27. The van der Waals surface area contributed by atoms with Crippen LogP contribution in [0.5, 0.6) is 11.5 Å². The van der Waals surface area contributed by atoms with Crippen molar-refractivity contribution in [1.29, 1.82) is 0 Å². The normalized spacial score (nSPS) is 12.4. The van der Waals surface area contributed by atoms with Crippen LogP contribution in [0.3, 0.4) is 0 Å². The number of amides is 2. The van der Waals surface area contributed by atoms with Crippen LogP contribution < -0.4 is 14.8 Å². The van der Waals surface area contributed by atoms with Gasteiger partial charge in [0.15, 0.2) is 6.61 Å². The van der Waals surface area contributed by atoms with Gasteiger partial charge in [-0.15, -0.1) is 0 Å². The predicted octanol–water partition coefficient (Wildman–Crippen LogP) is 5.94. The smallest absolute Gasteiger partial charge is 0.261 e. The van der Waals surface area contributed by atoms with Gasteiger partial charge in [0, 0.05) is 34.6 Å². The van der Waals surface area contributed by atoms with E-state index in [1.54, 1.807) is 49.6 Å². The van der Waals surface area contributed by atoms with Crippen molar-refractivity contribution >= 4 is 35.0 Å². The molecule has 0 aliphatic rings. The Kier molecular flexibility index (Phi) is 10.7. The summed E-state index contributed by atoms with van der Waals surface area (Å²) in [5, 5.41) is 3.87. The number of nitrogens with one attached hydrogen (secondary N) is 1. The molecular weight excluding hydrogens is 511 g/mol. The molecule has 2 atom stereocenters. The first-order valence-corrected chi connectivity index (χ1v) is 12.9. The van der Waals surface area contributed by atoms with E-state index in [2.05, 4.69) is 5.32 Å². The van der Waals surface area contributed by atoms with Crippen LogP contribution in [0, 0.1) is 0 Å². The highest BCUT2D eigenvalue weighted by atomic mass is 35.5. The Morgan fingerprint density at radius 2 is 1.54 bits per heavy atom. The van der Waals surface area contributed by atoms with Crippen molar-refractivity contribution in [1.82, 2.24) is 10.2 Å². The van der Waals surface area contributed by atoms with Gasteiger partial charge in [0.1, 0.15) is 17.5 Å². The van der Waals surface area contributed by atoms with Gasteiger partial charge in [-0.05, 0) is 55.3 Å². The minimum atomic E-state index is -0.810. The van der Waals surface area contributed by atoms with E-state index in [1.807, 2.05) is 44.2 Å². The number of carbonyl (C=O) groups is 2. The molecule has 0 unspecified atom stereocenters. The lowest BCUT2D eigenvalue weighted by Gasteiger charge is -2.32. The fourth-order valence-electron chi connectivity index (χ4n) is 3.75. The minimum absolute atomic E-state index is 0.0503. The third-order valence-electron chi connectivity index (χ3n) is 6.08. The van der Waals surface area contributed by atoms with E-state index in [0.717, 1.165) is 12.0 Å². The van der Waals surface area contributed by atoms with Gasteiger partial charge in [0.25, 0.3) is 5.91 Å². The first kappa shape index (κ1) is 28.4. The van der Waals surface area contributed by atoms with E-state index in [0.29, 0.717) is 33.5 Å². The largest absolute Gasteiger partial charge is 0.497 e. The molecular formula is C29H32Cl2N2O4. The van der Waals surface area contributed by atoms with Gasteiger partial charge in [-0.1, -0.05) is 66.5 Å². The van der Waals surface area contributed by atoms with Crippen molar-refractivity contribution in [2.45, 2.75) is 45.3 Å². The van der Waals surface area contributed by atoms with Gasteiger partial charge < -0.3 is 19.7 Å². The van der Waals surface area contributed by atoms with E-state index >= 15 is 0 Å². The zero-order chi connectivity index (χ0) is 26.8. The average molecular weight is 543 g/mol. The molecule has 0 aliphatic heterocycles. The number of nitrogens with zero attached hydrogens (tertiary/aromatic N) is 1. The van der Waals surface area contributed by atoms with Crippen LogP contribution in [0.1, 0.15) is 31.4 Å². The van der Waals surface area contributed by atoms with Crippen LogP contribution in [0.15, 0.2) is 72.8 Å². The zero-order valence-electron chi connectivity index (χ0n) is 21.2. The van der Waals surface area contributed by atoms with Gasteiger partial charge in [-0.25, -0.2) is 0 Å². The van der Waals surface area contributed by atoms with Gasteiger partial charge in [-0.2, -0.15) is 0 Å². The minimum Gasteiger partial charge on any atom is -0.497 e. The maximum absolute atomic E-state index is 13.7. The van der Waals surface area contributed by atoms with Crippen molar-refractivity contribution in [3.63, 3.8) is 0 Å². The van der Waals surface area contributed by atoms with Gasteiger partial charge in [0.05, 0.1) is 7.11 Å². The van der Waals surface area contributed by atoms with Crippen molar-refractivity contribution in [3.8, 4) is 11.5 Å². The highest BCUT2D eigenvalue weighted by Gasteiger charge is 2.32. The molecule has 0 bridgehead atoms. The van der Waals surface area contributed by atoms with E-state index in [9.17, 15) is 9.59 Å². The molecule has 8 heteroatoms. The van der Waals surface area contributed by atoms with Crippen molar-refractivity contribution in [2.24, 2.45) is 0 Å². The van der Waals surface area contributed by atoms with Crippen molar-refractivity contribution < 1.29 is 19.1 Å². The number of methoxy groups -OCH3 is 1. The molecule has 3 rings (SSSR count). The predicted molar refractivity (Wildman–Crippen MR) is 147 cm³/mol. The van der Waals surface area contributed by atoms with Crippen LogP contribution in [0.25, 0.3) is 0 Å². The summed E-state index contributed by atoms with van der Waals surface area (Å²) in [4.78, 5) is 28.7. The summed E-state index contributed by atoms with van der Waals surface area (Å²) >= 11 is 12.9. The molecule has 196 valence electrons. The van der Waals surface area contributed by atoms with E-state index < -0.39 is 6.04 Å². The van der Waals surface area contributed by atoms with Crippen molar-refractivity contribution in [3.05, 3.63) is 94.0 Å². The molecule has 0 heterocycles. The number of carbonyl (C=O) groups excluding carboxylic acids is 2. The number of halogens is 2. The molecule has 0 spiro atoms. The fraction of sp³-hybridized carbons (Fsp3) is 0.310. The van der Waals surface area contributed by atoms with E-state index in [4.69, 9.17) is 32.7 Å². The van der Waals surface area contributed by atoms with Crippen LogP contribution in [0.2, 0.25) is 10.0 Å². The summed E-state index contributed by atoms with van der Waals surface area (Å²) in [6, 6.07) is 20.8. The third kappa shape index (κ3) is 8.14. The lowest BCUT2D eigenvalue weighted by Crippen LogP contribution is -2.53. The molecule has 3 aromatic rings. The molecule has 0 aromatic heterocycles. The number of benzene rings is 3. The molecule has 0 saturated heterocycles. The average Bonchev–Trinajstić information content (AvgIpc) is 2.91. The molecule has 0 saturated carbocycles. The van der Waals surface area contributed by atoms with Gasteiger partial charge >= 0.3 is 0 Å². The maximum Gasteiger partial charge on any atom is 0.261 e. The summed E-state index contributed by atoms with van der Waals surface area (Å²) in [6.45, 7) is 3.71. The highest BCUT2D eigenvalue weighted by Crippen LogP contribution is 2.27. The molecule has 37 heavy (non-hydrogen) atoms. The standard InChI is InChI=1S/C29H32Cl2N2O4/c1-4-20(2)32-29(35)27(17-21-9-6-5-7-10-21)33(18-24-25(30)11-8-12-26(24)31)28(34)19-37-23-15-13-22(36-3)14-16-23/h5-16,20,27H,4,17-19H2,1-3H3,(H,32,35)/t20-,27-/m1/s1. The summed E-state index contributed by atoms with van der Waals surface area (Å²) in [7, 11) is 1.58. The van der Waals surface area contributed by atoms with Crippen molar-refractivity contribution in [2.75, 3.05) is 13.7 Å². The zero-order valence-corrected chi connectivity index (χ0v) is 22.8. The lowest BCUT2D eigenvalue weighted by atomic mass is 10.0. The van der Waals surface area contributed by atoms with E-state index in [-0.39, 0.29) is 31.0 Å². The molecule has 2 amide bonds. The Balaban J connectivity index is 1.94. The van der Waals surface area contributed by atoms with E-state index in [1.165, 1.54) is 4.90 Å². The second-order valence-corrected chi connectivity index (χ2v) is 9.52. The first-order valence-electron chi connectivity index (χ1n) is 12.2. The van der Waals surface area contributed by atoms with Crippen LogP contribution >= 0.6 is 23.2 Å². The Bertz CT molecular complexity index is 1150. The Hall–Kier alpha value is -3.22. The number of hydrogen-bond acceptors (Lipinski definition) is 4. The summed E-state index contributed by atoms with van der Waals surface area (Å²) in [5.41, 5.74) is 1.49. The summed E-state index contributed by atoms with van der Waals surface area (Å²) in [5.74, 6) is 0.568. The Labute approximate surface area is 228 Å². The quantitative estimate of drug-likeness (QED) is 0.307. The monoisotopic (exact) mass is 542 g/mol. The van der Waals surface area contributed by atoms with Gasteiger partial charge in [0.2, 0.25) is 5.91 Å².